The number of rotatable bonds is 7. The third-order valence-electron chi connectivity index (χ3n) is 7.16. The Morgan fingerprint density at radius 2 is 1.88 bits per heavy atom. The molecule has 1 saturated heterocycles. The minimum Gasteiger partial charge on any atom is -0.478 e. The zero-order valence-electron chi connectivity index (χ0n) is 18.9. The maximum Gasteiger partial charge on any atom is 0.335 e. The molecule has 1 amide bonds. The minimum absolute atomic E-state index is 0.0865. The van der Waals surface area contributed by atoms with Gasteiger partial charge < -0.3 is 19.7 Å². The van der Waals surface area contributed by atoms with Crippen molar-refractivity contribution in [2.24, 2.45) is 0 Å². The van der Waals surface area contributed by atoms with E-state index in [1.165, 1.54) is 12.1 Å². The first kappa shape index (κ1) is 22.6. The number of carboxylic acid groups (broad SMARTS) is 1. The first-order valence-corrected chi connectivity index (χ1v) is 11.7. The molecule has 178 valence electrons. The van der Waals surface area contributed by atoms with Gasteiger partial charge in [-0.2, -0.15) is 0 Å². The number of carbonyl (C=O) groups excluding carboxylic acids is 1. The molecule has 2 aliphatic rings. The molecule has 0 bridgehead atoms. The van der Waals surface area contributed by atoms with E-state index in [4.69, 9.17) is 5.11 Å². The van der Waals surface area contributed by atoms with Gasteiger partial charge >= 0.3 is 5.97 Å². The summed E-state index contributed by atoms with van der Waals surface area (Å²) in [6.07, 6.45) is 2.70. The Labute approximate surface area is 197 Å². The average molecular weight is 466 g/mol. The van der Waals surface area contributed by atoms with E-state index in [1.54, 1.807) is 30.3 Å². The van der Waals surface area contributed by atoms with Crippen LogP contribution in [0.2, 0.25) is 0 Å². The lowest BCUT2D eigenvalue weighted by molar-refractivity contribution is 0.0690. The number of carboxylic acids is 1. The van der Waals surface area contributed by atoms with E-state index in [9.17, 15) is 19.1 Å². The first-order chi connectivity index (χ1) is 16.5. The molecule has 3 heterocycles. The van der Waals surface area contributed by atoms with Crippen molar-refractivity contribution in [1.82, 2.24) is 14.4 Å². The van der Waals surface area contributed by atoms with Crippen LogP contribution in [0.5, 0.6) is 0 Å². The lowest BCUT2D eigenvalue weighted by Crippen LogP contribution is -2.44. The second kappa shape index (κ2) is 9.19. The maximum atomic E-state index is 14.2. The molecule has 0 aliphatic carbocycles. The first-order valence-electron chi connectivity index (χ1n) is 11.7. The summed E-state index contributed by atoms with van der Waals surface area (Å²) < 4.78 is 16.3. The molecular weight excluding hydrogens is 437 g/mol. The number of aliphatic hydroxyl groups excluding tert-OH is 1. The van der Waals surface area contributed by atoms with Crippen LogP contribution in [-0.2, 0) is 13.0 Å². The number of carbonyl (C=O) groups is 2. The summed E-state index contributed by atoms with van der Waals surface area (Å²) in [6, 6.07) is 11.4. The van der Waals surface area contributed by atoms with Gasteiger partial charge in [-0.25, -0.2) is 9.18 Å². The van der Waals surface area contributed by atoms with Crippen LogP contribution in [-0.4, -0.2) is 75.3 Å². The van der Waals surface area contributed by atoms with Gasteiger partial charge in [-0.3, -0.25) is 9.69 Å². The van der Waals surface area contributed by atoms with Gasteiger partial charge in [0.05, 0.1) is 17.7 Å². The zero-order valence-corrected chi connectivity index (χ0v) is 18.9. The third kappa shape index (κ3) is 4.08. The van der Waals surface area contributed by atoms with Crippen molar-refractivity contribution in [3.63, 3.8) is 0 Å². The molecule has 34 heavy (non-hydrogen) atoms. The van der Waals surface area contributed by atoms with Crippen LogP contribution in [0.4, 0.5) is 4.39 Å². The molecule has 2 aromatic carbocycles. The van der Waals surface area contributed by atoms with Crippen LogP contribution >= 0.6 is 0 Å². The molecular formula is C26H28FN3O4. The van der Waals surface area contributed by atoms with Crippen molar-refractivity contribution in [3.8, 4) is 0 Å². The van der Waals surface area contributed by atoms with Gasteiger partial charge in [0, 0.05) is 55.2 Å². The number of aliphatic hydroxyl groups is 1. The summed E-state index contributed by atoms with van der Waals surface area (Å²) >= 11 is 0. The van der Waals surface area contributed by atoms with Gasteiger partial charge in [-0.05, 0) is 55.3 Å². The molecule has 5 rings (SSSR count). The number of hydrogen-bond acceptors (Lipinski definition) is 4. The molecule has 0 saturated carbocycles. The van der Waals surface area contributed by atoms with Crippen molar-refractivity contribution in [3.05, 3.63) is 70.7 Å². The number of hydrogen-bond donors (Lipinski definition) is 2. The fourth-order valence-electron chi connectivity index (χ4n) is 5.35. The van der Waals surface area contributed by atoms with E-state index in [0.29, 0.717) is 37.0 Å². The topological polar surface area (TPSA) is 86.0 Å². The number of nitrogens with zero attached hydrogens (tertiary/aromatic N) is 3. The molecule has 1 aromatic heterocycles. The van der Waals surface area contributed by atoms with Gasteiger partial charge in [-0.15, -0.1) is 0 Å². The van der Waals surface area contributed by atoms with Gasteiger partial charge in [0.15, 0.2) is 0 Å². The minimum atomic E-state index is -0.976. The van der Waals surface area contributed by atoms with Crippen molar-refractivity contribution < 1.29 is 24.2 Å². The van der Waals surface area contributed by atoms with E-state index < -0.39 is 5.97 Å². The zero-order chi connectivity index (χ0) is 23.8. The number of amides is 1. The van der Waals surface area contributed by atoms with Crippen molar-refractivity contribution in [1.29, 1.82) is 0 Å². The number of likely N-dealkylation sites (tertiary alicyclic amines) is 1. The molecule has 7 nitrogen and oxygen atoms in total. The highest BCUT2D eigenvalue weighted by Crippen LogP contribution is 2.32. The Bertz CT molecular complexity index is 1240. The number of aromatic carboxylic acids is 1. The Morgan fingerprint density at radius 3 is 2.62 bits per heavy atom. The highest BCUT2D eigenvalue weighted by molar-refractivity contribution is 6.09. The maximum absolute atomic E-state index is 14.2. The fraction of sp³-hybridized carbons (Fsp3) is 0.385. The lowest BCUT2D eigenvalue weighted by Gasteiger charge is -2.31. The van der Waals surface area contributed by atoms with E-state index in [-0.39, 0.29) is 29.9 Å². The van der Waals surface area contributed by atoms with Crippen LogP contribution in [0.15, 0.2) is 42.5 Å². The number of fused-ring (bicyclic) bond motifs is 3. The molecule has 0 unspecified atom stereocenters. The molecule has 2 aliphatic heterocycles. The number of halogens is 1. The predicted molar refractivity (Wildman–Crippen MR) is 126 cm³/mol. The highest BCUT2D eigenvalue weighted by atomic mass is 19.1. The van der Waals surface area contributed by atoms with Gasteiger partial charge in [0.25, 0.3) is 5.91 Å². The summed E-state index contributed by atoms with van der Waals surface area (Å²) in [5, 5.41) is 19.3. The largest absolute Gasteiger partial charge is 0.478 e. The Morgan fingerprint density at radius 1 is 1.09 bits per heavy atom. The Balaban J connectivity index is 1.44. The third-order valence-corrected chi connectivity index (χ3v) is 7.16. The van der Waals surface area contributed by atoms with E-state index in [1.807, 2.05) is 4.90 Å². The van der Waals surface area contributed by atoms with Crippen LogP contribution < -0.4 is 0 Å². The van der Waals surface area contributed by atoms with Crippen molar-refractivity contribution in [2.45, 2.75) is 31.8 Å². The summed E-state index contributed by atoms with van der Waals surface area (Å²) in [4.78, 5) is 28.8. The molecule has 8 heteroatoms. The smallest absolute Gasteiger partial charge is 0.335 e. The summed E-state index contributed by atoms with van der Waals surface area (Å²) in [6.45, 7) is 3.42. The summed E-state index contributed by atoms with van der Waals surface area (Å²) in [7, 11) is 0. The molecule has 1 fully saturated rings. The summed E-state index contributed by atoms with van der Waals surface area (Å²) in [5.74, 6) is -1.45. The van der Waals surface area contributed by atoms with Gasteiger partial charge in [0.1, 0.15) is 5.82 Å². The monoisotopic (exact) mass is 465 g/mol. The lowest BCUT2D eigenvalue weighted by atomic mass is 10.0. The van der Waals surface area contributed by atoms with Crippen LogP contribution in [0.1, 0.15) is 44.8 Å². The van der Waals surface area contributed by atoms with E-state index in [2.05, 4.69) is 9.47 Å². The second-order valence-corrected chi connectivity index (χ2v) is 9.13. The van der Waals surface area contributed by atoms with E-state index >= 15 is 0 Å². The standard InChI is InChI=1S/C26H28FN3O4/c27-19-7-8-22-21(14-19)24-23(30(22)15-17-3-5-18(6-4-17)26(33)34)9-11-29(25(24)32)13-12-28-10-1-2-20(28)16-31/h3-8,14,20,31H,1-2,9-13,15-16H2,(H,33,34)/t20-/m0/s1. The van der Waals surface area contributed by atoms with Gasteiger partial charge in [-0.1, -0.05) is 12.1 Å². The van der Waals surface area contributed by atoms with Crippen LogP contribution in [0, 0.1) is 5.82 Å². The quantitative estimate of drug-likeness (QED) is 0.560. The van der Waals surface area contributed by atoms with Crippen LogP contribution in [0.25, 0.3) is 10.9 Å². The SMILES string of the molecule is O=C(O)c1ccc(Cn2c3c(c4cc(F)ccc42)C(=O)N(CCN2CCC[C@H]2CO)CC3)cc1. The highest BCUT2D eigenvalue weighted by Gasteiger charge is 2.32. The Hall–Kier alpha value is -3.23. The molecule has 0 spiro atoms. The number of aromatic nitrogens is 1. The number of benzene rings is 2. The Kier molecular flexibility index (Phi) is 6.10. The van der Waals surface area contributed by atoms with Gasteiger partial charge in [0.2, 0.25) is 0 Å². The van der Waals surface area contributed by atoms with E-state index in [0.717, 1.165) is 42.7 Å². The molecule has 2 N–H and O–H groups in total. The molecule has 3 aromatic rings. The molecule has 1 atom stereocenters. The molecule has 0 radical (unpaired) electrons. The van der Waals surface area contributed by atoms with Crippen LogP contribution in [0.3, 0.4) is 0 Å². The second-order valence-electron chi connectivity index (χ2n) is 9.13. The predicted octanol–water partition coefficient (Wildman–Crippen LogP) is 2.98. The fourth-order valence-corrected chi connectivity index (χ4v) is 5.35. The summed E-state index contributed by atoms with van der Waals surface area (Å²) in [5.41, 5.74) is 3.37. The average Bonchev–Trinajstić information content (AvgIpc) is 3.41. The normalized spacial score (nSPS) is 18.6. The van der Waals surface area contributed by atoms with Crippen molar-refractivity contribution in [2.75, 3.05) is 32.8 Å². The van der Waals surface area contributed by atoms with Crippen molar-refractivity contribution >= 4 is 22.8 Å².